The lowest BCUT2D eigenvalue weighted by Crippen LogP contribution is -2.08. The van der Waals surface area contributed by atoms with Crippen molar-refractivity contribution in [1.29, 1.82) is 0 Å². The van der Waals surface area contributed by atoms with Crippen molar-refractivity contribution in [3.63, 3.8) is 0 Å². The van der Waals surface area contributed by atoms with Crippen molar-refractivity contribution < 1.29 is 9.90 Å². The van der Waals surface area contributed by atoms with Gasteiger partial charge < -0.3 is 10.4 Å². The molecule has 0 aliphatic rings. The lowest BCUT2D eigenvalue weighted by molar-refractivity contribution is -0.136. The van der Waals surface area contributed by atoms with Gasteiger partial charge in [0, 0.05) is 6.54 Å². The largest absolute Gasteiger partial charge is 0.481 e. The van der Waals surface area contributed by atoms with Gasteiger partial charge in [0.05, 0.1) is 18.8 Å². The molecule has 0 aliphatic heterocycles. The van der Waals surface area contributed by atoms with Crippen LogP contribution in [0.25, 0.3) is 0 Å². The standard InChI is InChI=1S/C8H11N3O2S/c1-14-7-5-9-4-6(11-7)10-3-2-8(12)13/h4-5H,2-3H2,1H3,(H,10,11)(H,12,13). The second kappa shape index (κ2) is 5.43. The van der Waals surface area contributed by atoms with E-state index in [4.69, 9.17) is 5.11 Å². The number of nitrogens with zero attached hydrogens (tertiary/aromatic N) is 2. The molecule has 0 saturated heterocycles. The summed E-state index contributed by atoms with van der Waals surface area (Å²) in [5.41, 5.74) is 0. The number of nitrogens with one attached hydrogen (secondary N) is 1. The minimum atomic E-state index is -0.827. The van der Waals surface area contributed by atoms with E-state index >= 15 is 0 Å². The highest BCUT2D eigenvalue weighted by atomic mass is 32.2. The first-order valence-corrected chi connectivity index (χ1v) is 5.26. The number of carbonyl (C=O) groups is 1. The highest BCUT2D eigenvalue weighted by Crippen LogP contribution is 2.11. The van der Waals surface area contributed by atoms with Gasteiger partial charge >= 0.3 is 5.97 Å². The molecule has 0 saturated carbocycles. The van der Waals surface area contributed by atoms with Crippen molar-refractivity contribution in [3.8, 4) is 0 Å². The Hall–Kier alpha value is -1.30. The van der Waals surface area contributed by atoms with Gasteiger partial charge in [0.25, 0.3) is 0 Å². The molecular formula is C8H11N3O2S. The molecule has 0 aromatic carbocycles. The number of aliphatic carboxylic acids is 1. The van der Waals surface area contributed by atoms with Gasteiger partial charge in [-0.15, -0.1) is 11.8 Å². The van der Waals surface area contributed by atoms with Crippen molar-refractivity contribution in [2.75, 3.05) is 18.1 Å². The maximum absolute atomic E-state index is 10.2. The van der Waals surface area contributed by atoms with E-state index in [0.717, 1.165) is 5.03 Å². The zero-order valence-electron chi connectivity index (χ0n) is 7.73. The molecule has 2 N–H and O–H groups in total. The number of anilines is 1. The van der Waals surface area contributed by atoms with Crippen LogP contribution in [0.1, 0.15) is 6.42 Å². The van der Waals surface area contributed by atoms with Crippen LogP contribution >= 0.6 is 11.8 Å². The van der Waals surface area contributed by atoms with E-state index in [9.17, 15) is 4.79 Å². The number of thioether (sulfide) groups is 1. The molecule has 0 bridgehead atoms. The summed E-state index contributed by atoms with van der Waals surface area (Å²) in [5, 5.41) is 12.1. The van der Waals surface area contributed by atoms with E-state index in [1.54, 1.807) is 12.4 Å². The Balaban J connectivity index is 2.46. The van der Waals surface area contributed by atoms with Gasteiger partial charge in [0.1, 0.15) is 10.8 Å². The van der Waals surface area contributed by atoms with E-state index in [1.807, 2.05) is 6.26 Å². The van der Waals surface area contributed by atoms with Gasteiger partial charge in [-0.3, -0.25) is 9.78 Å². The molecule has 0 spiro atoms. The van der Waals surface area contributed by atoms with E-state index in [0.29, 0.717) is 12.4 Å². The third-order valence-corrected chi connectivity index (χ3v) is 2.08. The van der Waals surface area contributed by atoms with E-state index in [1.165, 1.54) is 11.8 Å². The van der Waals surface area contributed by atoms with Gasteiger partial charge in [-0.1, -0.05) is 0 Å². The SMILES string of the molecule is CSc1cncc(NCCC(=O)O)n1. The first-order valence-electron chi connectivity index (χ1n) is 4.04. The molecule has 1 aromatic heterocycles. The normalized spacial score (nSPS) is 9.79. The molecule has 1 aromatic rings. The fraction of sp³-hybridized carbons (Fsp3) is 0.375. The van der Waals surface area contributed by atoms with Crippen LogP contribution in [0, 0.1) is 0 Å². The smallest absolute Gasteiger partial charge is 0.305 e. The van der Waals surface area contributed by atoms with Gasteiger partial charge in [-0.2, -0.15) is 0 Å². The molecule has 14 heavy (non-hydrogen) atoms. The summed E-state index contributed by atoms with van der Waals surface area (Å²) in [7, 11) is 0. The van der Waals surface area contributed by atoms with Crippen LogP contribution in [0.5, 0.6) is 0 Å². The maximum atomic E-state index is 10.2. The molecule has 0 unspecified atom stereocenters. The highest BCUT2D eigenvalue weighted by molar-refractivity contribution is 7.98. The molecule has 1 rings (SSSR count). The average molecular weight is 213 g/mol. The van der Waals surface area contributed by atoms with E-state index in [2.05, 4.69) is 15.3 Å². The third kappa shape index (κ3) is 3.61. The summed E-state index contributed by atoms with van der Waals surface area (Å²) in [6.45, 7) is 0.363. The second-order valence-electron chi connectivity index (χ2n) is 2.52. The number of carboxylic acids is 1. The number of aromatic nitrogens is 2. The first-order chi connectivity index (χ1) is 6.72. The summed E-state index contributed by atoms with van der Waals surface area (Å²) < 4.78 is 0. The molecule has 1 heterocycles. The quantitative estimate of drug-likeness (QED) is 0.713. The van der Waals surface area contributed by atoms with Crippen molar-refractivity contribution in [2.24, 2.45) is 0 Å². The lowest BCUT2D eigenvalue weighted by atomic mass is 10.4. The number of carboxylic acid groups (broad SMARTS) is 1. The van der Waals surface area contributed by atoms with Crippen LogP contribution in [0.3, 0.4) is 0 Å². The Morgan fingerprint density at radius 3 is 3.07 bits per heavy atom. The lowest BCUT2D eigenvalue weighted by Gasteiger charge is -2.03. The van der Waals surface area contributed by atoms with E-state index < -0.39 is 5.97 Å². The summed E-state index contributed by atoms with van der Waals surface area (Å²) in [6.07, 6.45) is 5.21. The van der Waals surface area contributed by atoms with Crippen LogP contribution in [-0.2, 0) is 4.79 Å². The fourth-order valence-electron chi connectivity index (χ4n) is 0.829. The molecule has 0 radical (unpaired) electrons. The monoisotopic (exact) mass is 213 g/mol. The predicted molar refractivity (Wildman–Crippen MR) is 54.6 cm³/mol. The Kier molecular flexibility index (Phi) is 4.18. The summed E-state index contributed by atoms with van der Waals surface area (Å²) >= 11 is 1.49. The number of rotatable bonds is 5. The zero-order valence-corrected chi connectivity index (χ0v) is 8.54. The molecule has 0 atom stereocenters. The Morgan fingerprint density at radius 2 is 2.43 bits per heavy atom. The maximum Gasteiger partial charge on any atom is 0.305 e. The highest BCUT2D eigenvalue weighted by Gasteiger charge is 1.99. The van der Waals surface area contributed by atoms with Crippen LogP contribution in [0.2, 0.25) is 0 Å². The van der Waals surface area contributed by atoms with Gasteiger partial charge in [-0.05, 0) is 6.26 Å². The minimum absolute atomic E-state index is 0.0746. The molecular weight excluding hydrogens is 202 g/mol. The average Bonchev–Trinajstić information content (AvgIpc) is 2.18. The summed E-state index contributed by atoms with van der Waals surface area (Å²) in [4.78, 5) is 18.4. The molecule has 0 aliphatic carbocycles. The predicted octanol–water partition coefficient (Wildman–Crippen LogP) is 1.09. The Bertz CT molecular complexity index is 319. The van der Waals surface area contributed by atoms with Crippen LogP contribution in [0.15, 0.2) is 17.4 Å². The van der Waals surface area contributed by atoms with Crippen molar-refractivity contribution in [2.45, 2.75) is 11.4 Å². The molecule has 5 nitrogen and oxygen atoms in total. The Labute approximate surface area is 86.0 Å². The number of hydrogen-bond donors (Lipinski definition) is 2. The second-order valence-corrected chi connectivity index (χ2v) is 3.34. The number of hydrogen-bond acceptors (Lipinski definition) is 5. The van der Waals surface area contributed by atoms with Gasteiger partial charge in [0.15, 0.2) is 0 Å². The summed E-state index contributed by atoms with van der Waals surface area (Å²) in [6, 6.07) is 0. The van der Waals surface area contributed by atoms with E-state index in [-0.39, 0.29) is 6.42 Å². The topological polar surface area (TPSA) is 75.1 Å². The molecule has 0 fully saturated rings. The van der Waals surface area contributed by atoms with Crippen LogP contribution in [0.4, 0.5) is 5.82 Å². The first kappa shape index (κ1) is 10.8. The molecule has 6 heteroatoms. The van der Waals surface area contributed by atoms with Gasteiger partial charge in [0.2, 0.25) is 0 Å². The van der Waals surface area contributed by atoms with Crippen molar-refractivity contribution >= 4 is 23.5 Å². The fourth-order valence-corrected chi connectivity index (χ4v) is 1.19. The Morgan fingerprint density at radius 1 is 1.64 bits per heavy atom. The third-order valence-electron chi connectivity index (χ3n) is 1.47. The summed E-state index contributed by atoms with van der Waals surface area (Å²) in [5.74, 6) is -0.218. The van der Waals surface area contributed by atoms with Crippen molar-refractivity contribution in [1.82, 2.24) is 9.97 Å². The minimum Gasteiger partial charge on any atom is -0.481 e. The van der Waals surface area contributed by atoms with Crippen LogP contribution < -0.4 is 5.32 Å². The molecule has 0 amide bonds. The zero-order chi connectivity index (χ0) is 10.4. The van der Waals surface area contributed by atoms with Gasteiger partial charge in [-0.25, -0.2) is 4.98 Å². The van der Waals surface area contributed by atoms with Crippen molar-refractivity contribution in [3.05, 3.63) is 12.4 Å². The van der Waals surface area contributed by atoms with Crippen LogP contribution in [-0.4, -0.2) is 33.8 Å². The molecule has 76 valence electrons.